The number of benzene rings is 1. The molecule has 1 aliphatic carbocycles. The van der Waals surface area contributed by atoms with Crippen LogP contribution in [0.4, 0.5) is 11.4 Å². The summed E-state index contributed by atoms with van der Waals surface area (Å²) >= 11 is 0. The first-order valence-electron chi connectivity index (χ1n) is 7.45. The van der Waals surface area contributed by atoms with Gasteiger partial charge in [-0.05, 0) is 25.3 Å². The molecular weight excluding hydrogens is 270 g/mol. The maximum atomic E-state index is 12.4. The van der Waals surface area contributed by atoms with Gasteiger partial charge in [0.15, 0.2) is 0 Å². The third-order valence-corrected chi connectivity index (χ3v) is 3.71. The first-order chi connectivity index (χ1) is 10.1. The lowest BCUT2D eigenvalue weighted by molar-refractivity contribution is -0.384. The van der Waals surface area contributed by atoms with Crippen LogP contribution in [-0.4, -0.2) is 23.4 Å². The Bertz CT molecular complexity index is 525. The number of nitro benzene ring substituents is 1. The standard InChI is InChI=1S/C15H21N3O3/c1-2-9-16-14-8-7-12(18(20)21)10-13(14)15(19)17-11-5-3-4-6-11/h7-8,10-11,16H,2-6,9H2,1H3,(H,17,19). The molecule has 1 amide bonds. The van der Waals surface area contributed by atoms with Gasteiger partial charge in [0.05, 0.1) is 10.5 Å². The zero-order chi connectivity index (χ0) is 15.2. The molecule has 1 fully saturated rings. The van der Waals surface area contributed by atoms with E-state index in [1.165, 1.54) is 12.1 Å². The number of carbonyl (C=O) groups is 1. The Kier molecular flexibility index (Phi) is 5.14. The van der Waals surface area contributed by atoms with Gasteiger partial charge < -0.3 is 10.6 Å². The van der Waals surface area contributed by atoms with Gasteiger partial charge in [-0.2, -0.15) is 0 Å². The van der Waals surface area contributed by atoms with Crippen molar-refractivity contribution in [2.24, 2.45) is 0 Å². The Labute approximate surface area is 124 Å². The SMILES string of the molecule is CCCNc1ccc([N+](=O)[O-])cc1C(=O)NC1CCCC1. The predicted molar refractivity (Wildman–Crippen MR) is 81.6 cm³/mol. The molecule has 0 bridgehead atoms. The molecule has 1 saturated carbocycles. The number of rotatable bonds is 6. The molecule has 1 aromatic rings. The Morgan fingerprint density at radius 2 is 2.10 bits per heavy atom. The summed E-state index contributed by atoms with van der Waals surface area (Å²) in [6.45, 7) is 2.75. The van der Waals surface area contributed by atoms with Crippen molar-refractivity contribution < 1.29 is 9.72 Å². The molecular formula is C15H21N3O3. The Morgan fingerprint density at radius 1 is 1.38 bits per heavy atom. The van der Waals surface area contributed by atoms with Crippen LogP contribution in [0.3, 0.4) is 0 Å². The smallest absolute Gasteiger partial charge is 0.270 e. The maximum absolute atomic E-state index is 12.4. The normalized spacial score (nSPS) is 14.9. The molecule has 0 spiro atoms. The van der Waals surface area contributed by atoms with Crippen LogP contribution >= 0.6 is 0 Å². The van der Waals surface area contributed by atoms with Crippen molar-refractivity contribution in [3.8, 4) is 0 Å². The summed E-state index contributed by atoms with van der Waals surface area (Å²) in [4.78, 5) is 22.8. The van der Waals surface area contributed by atoms with Crippen molar-refractivity contribution in [3.63, 3.8) is 0 Å². The van der Waals surface area contributed by atoms with Gasteiger partial charge in [0.1, 0.15) is 0 Å². The number of nitrogens with one attached hydrogen (secondary N) is 2. The molecule has 0 heterocycles. The maximum Gasteiger partial charge on any atom is 0.270 e. The lowest BCUT2D eigenvalue weighted by Gasteiger charge is -2.15. The number of nitro groups is 1. The number of hydrogen-bond donors (Lipinski definition) is 2. The molecule has 0 aromatic heterocycles. The molecule has 1 aliphatic rings. The van der Waals surface area contributed by atoms with Gasteiger partial charge in [-0.3, -0.25) is 14.9 Å². The fraction of sp³-hybridized carbons (Fsp3) is 0.533. The molecule has 21 heavy (non-hydrogen) atoms. The largest absolute Gasteiger partial charge is 0.384 e. The second kappa shape index (κ2) is 7.06. The number of anilines is 1. The quantitative estimate of drug-likeness (QED) is 0.623. The van der Waals surface area contributed by atoms with E-state index in [1.807, 2.05) is 6.92 Å². The van der Waals surface area contributed by atoms with Gasteiger partial charge in [0.25, 0.3) is 11.6 Å². The fourth-order valence-electron chi connectivity index (χ4n) is 2.58. The third kappa shape index (κ3) is 3.93. The highest BCUT2D eigenvalue weighted by molar-refractivity contribution is 6.00. The van der Waals surface area contributed by atoms with E-state index < -0.39 is 4.92 Å². The minimum absolute atomic E-state index is 0.0615. The van der Waals surface area contributed by atoms with E-state index in [0.29, 0.717) is 11.3 Å². The van der Waals surface area contributed by atoms with Crippen molar-refractivity contribution in [2.75, 3.05) is 11.9 Å². The molecule has 0 saturated heterocycles. The van der Waals surface area contributed by atoms with Crippen molar-refractivity contribution in [2.45, 2.75) is 45.1 Å². The average Bonchev–Trinajstić information content (AvgIpc) is 2.97. The predicted octanol–water partition coefficient (Wildman–Crippen LogP) is 3.09. The number of nitrogens with zero attached hydrogens (tertiary/aromatic N) is 1. The monoisotopic (exact) mass is 291 g/mol. The Hall–Kier alpha value is -2.11. The number of hydrogen-bond acceptors (Lipinski definition) is 4. The zero-order valence-corrected chi connectivity index (χ0v) is 12.2. The van der Waals surface area contributed by atoms with Crippen LogP contribution in [0.2, 0.25) is 0 Å². The number of carbonyl (C=O) groups excluding carboxylic acids is 1. The van der Waals surface area contributed by atoms with E-state index >= 15 is 0 Å². The molecule has 0 unspecified atom stereocenters. The fourth-order valence-corrected chi connectivity index (χ4v) is 2.58. The molecule has 2 N–H and O–H groups in total. The Morgan fingerprint density at radius 3 is 2.71 bits per heavy atom. The summed E-state index contributed by atoms with van der Waals surface area (Å²) in [5, 5.41) is 17.0. The van der Waals surface area contributed by atoms with Crippen LogP contribution in [0.25, 0.3) is 0 Å². The van der Waals surface area contributed by atoms with Crippen LogP contribution in [-0.2, 0) is 0 Å². The lowest BCUT2D eigenvalue weighted by Crippen LogP contribution is -2.33. The Balaban J connectivity index is 2.21. The van der Waals surface area contributed by atoms with Crippen LogP contribution in [0.15, 0.2) is 18.2 Å². The summed E-state index contributed by atoms with van der Waals surface area (Å²) in [5.74, 6) is -0.232. The van der Waals surface area contributed by atoms with Crippen LogP contribution in [0.5, 0.6) is 0 Å². The van der Waals surface area contributed by atoms with Crippen molar-refractivity contribution in [3.05, 3.63) is 33.9 Å². The number of amides is 1. The molecule has 114 valence electrons. The van der Waals surface area contributed by atoms with Crippen LogP contribution < -0.4 is 10.6 Å². The van der Waals surface area contributed by atoms with Gasteiger partial charge in [0.2, 0.25) is 0 Å². The van der Waals surface area contributed by atoms with E-state index in [9.17, 15) is 14.9 Å². The number of non-ortho nitro benzene ring substituents is 1. The van der Waals surface area contributed by atoms with Gasteiger partial charge in [-0.15, -0.1) is 0 Å². The minimum Gasteiger partial charge on any atom is -0.384 e. The highest BCUT2D eigenvalue weighted by atomic mass is 16.6. The molecule has 0 aliphatic heterocycles. The molecule has 0 atom stereocenters. The van der Waals surface area contributed by atoms with Crippen LogP contribution in [0.1, 0.15) is 49.4 Å². The van der Waals surface area contributed by atoms with Gasteiger partial charge in [-0.1, -0.05) is 19.8 Å². The second-order valence-electron chi connectivity index (χ2n) is 5.37. The van der Waals surface area contributed by atoms with Gasteiger partial charge >= 0.3 is 0 Å². The van der Waals surface area contributed by atoms with Crippen molar-refractivity contribution >= 4 is 17.3 Å². The highest BCUT2D eigenvalue weighted by Crippen LogP contribution is 2.24. The molecule has 6 heteroatoms. The summed E-state index contributed by atoms with van der Waals surface area (Å²) < 4.78 is 0. The first kappa shape index (κ1) is 15.3. The summed E-state index contributed by atoms with van der Waals surface area (Å²) in [6, 6.07) is 4.57. The second-order valence-corrected chi connectivity index (χ2v) is 5.37. The third-order valence-electron chi connectivity index (χ3n) is 3.71. The van der Waals surface area contributed by atoms with Gasteiger partial charge in [-0.25, -0.2) is 0 Å². The van der Waals surface area contributed by atoms with E-state index in [-0.39, 0.29) is 17.6 Å². The van der Waals surface area contributed by atoms with E-state index in [0.717, 1.165) is 38.6 Å². The van der Waals surface area contributed by atoms with E-state index in [2.05, 4.69) is 10.6 Å². The topological polar surface area (TPSA) is 84.3 Å². The van der Waals surface area contributed by atoms with Crippen molar-refractivity contribution in [1.82, 2.24) is 5.32 Å². The van der Waals surface area contributed by atoms with Gasteiger partial charge in [0, 0.05) is 30.4 Å². The summed E-state index contributed by atoms with van der Waals surface area (Å²) in [6.07, 6.45) is 5.14. The van der Waals surface area contributed by atoms with Crippen molar-refractivity contribution in [1.29, 1.82) is 0 Å². The highest BCUT2D eigenvalue weighted by Gasteiger charge is 2.21. The van der Waals surface area contributed by atoms with Crippen LogP contribution in [0, 0.1) is 10.1 Å². The first-order valence-corrected chi connectivity index (χ1v) is 7.45. The van der Waals surface area contributed by atoms with E-state index in [1.54, 1.807) is 6.07 Å². The average molecular weight is 291 g/mol. The zero-order valence-electron chi connectivity index (χ0n) is 12.2. The minimum atomic E-state index is -0.476. The molecule has 1 aromatic carbocycles. The summed E-state index contributed by atoms with van der Waals surface area (Å²) in [7, 11) is 0. The molecule has 6 nitrogen and oxygen atoms in total. The molecule has 0 radical (unpaired) electrons. The summed E-state index contributed by atoms with van der Waals surface area (Å²) in [5.41, 5.74) is 0.941. The van der Waals surface area contributed by atoms with E-state index in [4.69, 9.17) is 0 Å². The molecule has 2 rings (SSSR count). The lowest BCUT2D eigenvalue weighted by atomic mass is 10.1.